The van der Waals surface area contributed by atoms with Crippen LogP contribution in [0.4, 0.5) is 5.82 Å². The van der Waals surface area contributed by atoms with Crippen LogP contribution >= 0.6 is 11.3 Å². The predicted octanol–water partition coefficient (Wildman–Crippen LogP) is 3.13. The van der Waals surface area contributed by atoms with Crippen LogP contribution in [0.2, 0.25) is 0 Å². The number of fused-ring (bicyclic) bond motifs is 1. The predicted molar refractivity (Wildman–Crippen MR) is 97.5 cm³/mol. The highest BCUT2D eigenvalue weighted by atomic mass is 32.1. The van der Waals surface area contributed by atoms with Gasteiger partial charge in [-0.25, -0.2) is 9.97 Å². The first-order chi connectivity index (χ1) is 12.2. The van der Waals surface area contributed by atoms with Crippen LogP contribution in [0, 0.1) is 0 Å². The van der Waals surface area contributed by atoms with Crippen LogP contribution in [0.25, 0.3) is 10.2 Å². The van der Waals surface area contributed by atoms with E-state index in [1.54, 1.807) is 17.7 Å². The number of hydrogen-bond acceptors (Lipinski definition) is 6. The molecule has 132 valence electrons. The third-order valence-corrected chi connectivity index (χ3v) is 6.41. The molecule has 1 N–H and O–H groups in total. The maximum Gasteiger partial charge on any atom is 0.229 e. The second-order valence-corrected chi connectivity index (χ2v) is 7.93. The average Bonchev–Trinajstić information content (AvgIpc) is 3.19. The Kier molecular flexibility index (Phi) is 4.41. The van der Waals surface area contributed by atoms with Crippen molar-refractivity contribution in [3.8, 4) is 0 Å². The van der Waals surface area contributed by atoms with Gasteiger partial charge in [0.1, 0.15) is 17.0 Å². The molecule has 0 aromatic carbocycles. The van der Waals surface area contributed by atoms with Gasteiger partial charge in [0.25, 0.3) is 0 Å². The molecule has 6 nitrogen and oxygen atoms in total. The molecule has 1 aliphatic heterocycles. The molecular weight excluding hydrogens is 336 g/mol. The van der Waals surface area contributed by atoms with E-state index in [9.17, 15) is 9.59 Å². The zero-order valence-electron chi connectivity index (χ0n) is 14.3. The summed E-state index contributed by atoms with van der Waals surface area (Å²) in [6, 6.07) is 2.58. The van der Waals surface area contributed by atoms with E-state index in [4.69, 9.17) is 0 Å². The number of imide groups is 1. The number of amides is 2. The molecule has 0 bridgehead atoms. The second-order valence-electron chi connectivity index (χ2n) is 6.81. The van der Waals surface area contributed by atoms with Crippen molar-refractivity contribution in [2.75, 3.05) is 5.32 Å². The Morgan fingerprint density at radius 2 is 1.88 bits per heavy atom. The van der Waals surface area contributed by atoms with Crippen molar-refractivity contribution in [1.29, 1.82) is 0 Å². The SMILES string of the molecule is CCc1cc2c(NC3CCC(N4C(=O)CCC4=O)CC3)ncnc2s1. The van der Waals surface area contributed by atoms with Crippen molar-refractivity contribution in [3.05, 3.63) is 17.3 Å². The molecule has 0 unspecified atom stereocenters. The van der Waals surface area contributed by atoms with Gasteiger partial charge >= 0.3 is 0 Å². The Morgan fingerprint density at radius 1 is 1.16 bits per heavy atom. The van der Waals surface area contributed by atoms with E-state index in [0.29, 0.717) is 18.9 Å². The van der Waals surface area contributed by atoms with Crippen molar-refractivity contribution in [1.82, 2.24) is 14.9 Å². The fourth-order valence-corrected chi connectivity index (χ4v) is 4.80. The molecule has 0 radical (unpaired) electrons. The lowest BCUT2D eigenvalue weighted by atomic mass is 9.90. The smallest absolute Gasteiger partial charge is 0.229 e. The number of anilines is 1. The number of rotatable bonds is 4. The van der Waals surface area contributed by atoms with Crippen LogP contribution < -0.4 is 5.32 Å². The molecule has 2 aliphatic rings. The number of nitrogens with one attached hydrogen (secondary N) is 1. The number of aromatic nitrogens is 2. The summed E-state index contributed by atoms with van der Waals surface area (Å²) < 4.78 is 0. The number of aryl methyl sites for hydroxylation is 1. The van der Waals surface area contributed by atoms with Crippen LogP contribution in [0.1, 0.15) is 50.3 Å². The molecule has 1 aliphatic carbocycles. The van der Waals surface area contributed by atoms with Gasteiger partial charge in [-0.3, -0.25) is 14.5 Å². The molecule has 3 heterocycles. The Labute approximate surface area is 150 Å². The van der Waals surface area contributed by atoms with Crippen molar-refractivity contribution >= 4 is 39.2 Å². The van der Waals surface area contributed by atoms with E-state index in [2.05, 4.69) is 28.3 Å². The van der Waals surface area contributed by atoms with E-state index in [1.807, 2.05) is 0 Å². The fourth-order valence-electron chi connectivity index (χ4n) is 3.87. The Morgan fingerprint density at radius 3 is 2.56 bits per heavy atom. The minimum absolute atomic E-state index is 0.00397. The summed E-state index contributed by atoms with van der Waals surface area (Å²) in [5.74, 6) is 0.909. The summed E-state index contributed by atoms with van der Waals surface area (Å²) in [6.45, 7) is 2.15. The molecule has 1 saturated heterocycles. The monoisotopic (exact) mass is 358 g/mol. The number of likely N-dealkylation sites (tertiary alicyclic amines) is 1. The van der Waals surface area contributed by atoms with Crippen molar-refractivity contribution < 1.29 is 9.59 Å². The molecule has 2 aromatic rings. The van der Waals surface area contributed by atoms with E-state index in [-0.39, 0.29) is 17.9 Å². The summed E-state index contributed by atoms with van der Waals surface area (Å²) >= 11 is 1.72. The highest BCUT2D eigenvalue weighted by Crippen LogP contribution is 2.32. The van der Waals surface area contributed by atoms with Gasteiger partial charge in [0.2, 0.25) is 11.8 Å². The number of thiophene rings is 1. The van der Waals surface area contributed by atoms with Gasteiger partial charge in [-0.15, -0.1) is 11.3 Å². The lowest BCUT2D eigenvalue weighted by Gasteiger charge is -2.34. The largest absolute Gasteiger partial charge is 0.367 e. The number of hydrogen-bond donors (Lipinski definition) is 1. The zero-order valence-corrected chi connectivity index (χ0v) is 15.1. The van der Waals surface area contributed by atoms with Crippen LogP contribution in [0.15, 0.2) is 12.4 Å². The minimum Gasteiger partial charge on any atom is -0.367 e. The third kappa shape index (κ3) is 3.13. The van der Waals surface area contributed by atoms with Crippen LogP contribution in [-0.2, 0) is 16.0 Å². The number of carbonyl (C=O) groups excluding carboxylic acids is 2. The molecule has 25 heavy (non-hydrogen) atoms. The quantitative estimate of drug-likeness (QED) is 0.850. The van der Waals surface area contributed by atoms with Gasteiger partial charge in [0, 0.05) is 29.8 Å². The molecular formula is C18H22N4O2S. The summed E-state index contributed by atoms with van der Waals surface area (Å²) in [4.78, 5) is 36.5. The van der Waals surface area contributed by atoms with E-state index >= 15 is 0 Å². The second kappa shape index (κ2) is 6.71. The van der Waals surface area contributed by atoms with Gasteiger partial charge in [0.05, 0.1) is 5.39 Å². The van der Waals surface area contributed by atoms with Crippen LogP contribution in [0.3, 0.4) is 0 Å². The van der Waals surface area contributed by atoms with Gasteiger partial charge in [-0.05, 0) is 38.2 Å². The first kappa shape index (κ1) is 16.4. The standard InChI is InChI=1S/C18H22N4O2S/c1-2-13-9-14-17(19-10-20-18(14)25-13)21-11-3-5-12(6-4-11)22-15(23)7-8-16(22)24/h9-12H,2-8H2,1H3,(H,19,20,21). The first-order valence-corrected chi connectivity index (χ1v) is 9.82. The van der Waals surface area contributed by atoms with Crippen molar-refractivity contribution in [2.45, 2.75) is 64.0 Å². The topological polar surface area (TPSA) is 75.2 Å². The molecule has 2 fully saturated rings. The molecule has 2 aromatic heterocycles. The summed E-state index contributed by atoms with van der Waals surface area (Å²) in [7, 11) is 0. The van der Waals surface area contributed by atoms with Crippen LogP contribution in [0.5, 0.6) is 0 Å². The normalized spacial score (nSPS) is 24.3. The van der Waals surface area contributed by atoms with Crippen molar-refractivity contribution in [2.24, 2.45) is 0 Å². The molecule has 1 saturated carbocycles. The summed E-state index contributed by atoms with van der Waals surface area (Å²) in [6.07, 6.45) is 7.01. The maximum atomic E-state index is 11.9. The zero-order chi connectivity index (χ0) is 17.4. The third-order valence-electron chi connectivity index (χ3n) is 5.22. The average molecular weight is 358 g/mol. The molecule has 0 atom stereocenters. The molecule has 4 rings (SSSR count). The Balaban J connectivity index is 1.43. The fraction of sp³-hybridized carbons (Fsp3) is 0.556. The minimum atomic E-state index is 0.00397. The summed E-state index contributed by atoms with van der Waals surface area (Å²) in [5.41, 5.74) is 0. The molecule has 7 heteroatoms. The van der Waals surface area contributed by atoms with E-state index in [1.165, 1.54) is 9.78 Å². The summed E-state index contributed by atoms with van der Waals surface area (Å²) in [5, 5.41) is 4.66. The maximum absolute atomic E-state index is 11.9. The number of carbonyl (C=O) groups is 2. The highest BCUT2D eigenvalue weighted by molar-refractivity contribution is 7.18. The van der Waals surface area contributed by atoms with E-state index in [0.717, 1.165) is 48.1 Å². The van der Waals surface area contributed by atoms with Gasteiger partial charge < -0.3 is 5.32 Å². The van der Waals surface area contributed by atoms with E-state index < -0.39 is 0 Å². The van der Waals surface area contributed by atoms with Gasteiger partial charge in [-0.1, -0.05) is 6.92 Å². The number of nitrogens with zero attached hydrogens (tertiary/aromatic N) is 3. The van der Waals surface area contributed by atoms with Gasteiger partial charge in [0.15, 0.2) is 0 Å². The molecule has 0 spiro atoms. The lowest BCUT2D eigenvalue weighted by Crippen LogP contribution is -2.43. The van der Waals surface area contributed by atoms with Crippen molar-refractivity contribution in [3.63, 3.8) is 0 Å². The Bertz CT molecular complexity index is 795. The highest BCUT2D eigenvalue weighted by Gasteiger charge is 2.36. The Hall–Kier alpha value is -2.02. The lowest BCUT2D eigenvalue weighted by molar-refractivity contribution is -0.141. The van der Waals surface area contributed by atoms with Crippen LogP contribution in [-0.4, -0.2) is 38.8 Å². The first-order valence-electron chi connectivity index (χ1n) is 9.00. The molecule has 2 amide bonds. The van der Waals surface area contributed by atoms with Gasteiger partial charge in [-0.2, -0.15) is 0 Å².